The number of hydrogen-bond acceptors (Lipinski definition) is 7. The molecule has 0 fully saturated rings. The lowest BCUT2D eigenvalue weighted by Crippen LogP contribution is -2.29. The Morgan fingerprint density at radius 3 is 2.53 bits per heavy atom. The van der Waals surface area contributed by atoms with Crippen LogP contribution in [0.1, 0.15) is 35.9 Å². The zero-order chi connectivity index (χ0) is 26.4. The van der Waals surface area contributed by atoms with E-state index in [1.54, 1.807) is 32.4 Å². The van der Waals surface area contributed by atoms with Crippen LogP contribution in [0.3, 0.4) is 0 Å². The summed E-state index contributed by atoms with van der Waals surface area (Å²) in [7, 11) is 3.23. The first-order chi connectivity index (χ1) is 18.5. The van der Waals surface area contributed by atoms with Crippen molar-refractivity contribution in [2.45, 2.75) is 24.8 Å². The number of Topliss-reactive ketones (excluding diaryl/α,β-unsaturated/α-hetero) is 1. The molecule has 0 radical (unpaired) electrons. The molecular weight excluding hydrogens is 504 g/mol. The van der Waals surface area contributed by atoms with Gasteiger partial charge < -0.3 is 24.5 Å². The number of nitrogens with one attached hydrogen (secondary N) is 2. The molecule has 0 bridgehead atoms. The predicted molar refractivity (Wildman–Crippen MR) is 147 cm³/mol. The first kappa shape index (κ1) is 24.1. The molecule has 4 aromatic rings. The Morgan fingerprint density at radius 1 is 0.921 bits per heavy atom. The number of methoxy groups -OCH3 is 2. The summed E-state index contributed by atoms with van der Waals surface area (Å²) in [6, 6.07) is 17.5. The van der Waals surface area contributed by atoms with Crippen molar-refractivity contribution in [2.75, 3.05) is 24.9 Å². The largest absolute Gasteiger partial charge is 0.497 e. The molecular formula is C30H25ClN2O5. The van der Waals surface area contributed by atoms with Gasteiger partial charge in [0.05, 0.1) is 42.6 Å². The van der Waals surface area contributed by atoms with E-state index < -0.39 is 6.04 Å². The van der Waals surface area contributed by atoms with Crippen molar-refractivity contribution in [2.24, 2.45) is 0 Å². The number of rotatable bonds is 4. The molecule has 6 rings (SSSR count). The van der Waals surface area contributed by atoms with Crippen LogP contribution in [0.2, 0.25) is 5.02 Å². The number of benzene rings is 3. The fourth-order valence-electron chi connectivity index (χ4n) is 5.42. The van der Waals surface area contributed by atoms with Crippen molar-refractivity contribution in [1.29, 1.82) is 0 Å². The Hall–Kier alpha value is -4.23. The fourth-order valence-corrected chi connectivity index (χ4v) is 5.59. The van der Waals surface area contributed by atoms with Crippen LogP contribution < -0.4 is 25.5 Å². The topological polar surface area (TPSA) is 89.8 Å². The smallest absolute Gasteiger partial charge is 0.198 e. The molecule has 0 saturated heterocycles. The minimum absolute atomic E-state index is 0.0653. The van der Waals surface area contributed by atoms with E-state index >= 15 is 0 Å². The Bertz CT molecular complexity index is 1680. The van der Waals surface area contributed by atoms with E-state index in [9.17, 15) is 9.59 Å². The average molecular weight is 529 g/mol. The first-order valence-corrected chi connectivity index (χ1v) is 12.7. The van der Waals surface area contributed by atoms with E-state index in [4.69, 9.17) is 25.5 Å². The van der Waals surface area contributed by atoms with Gasteiger partial charge in [0.15, 0.2) is 11.2 Å². The van der Waals surface area contributed by atoms with E-state index in [0.29, 0.717) is 45.0 Å². The molecule has 0 amide bonds. The van der Waals surface area contributed by atoms with Crippen molar-refractivity contribution >= 4 is 39.7 Å². The summed E-state index contributed by atoms with van der Waals surface area (Å²) in [6.45, 7) is 0. The molecule has 8 heteroatoms. The monoisotopic (exact) mass is 528 g/mol. The molecule has 192 valence electrons. The van der Waals surface area contributed by atoms with E-state index in [1.807, 2.05) is 42.5 Å². The number of halogens is 1. The number of ketones is 1. The summed E-state index contributed by atoms with van der Waals surface area (Å²) in [4.78, 5) is 27.6. The third-order valence-corrected chi connectivity index (χ3v) is 7.49. The van der Waals surface area contributed by atoms with Crippen LogP contribution in [0.5, 0.6) is 11.5 Å². The normalized spacial score (nSPS) is 18.7. The molecule has 2 atom stereocenters. The van der Waals surface area contributed by atoms with Crippen molar-refractivity contribution in [3.05, 3.63) is 105 Å². The van der Waals surface area contributed by atoms with Crippen LogP contribution in [-0.4, -0.2) is 20.0 Å². The molecule has 2 N–H and O–H groups in total. The van der Waals surface area contributed by atoms with Gasteiger partial charge in [0.1, 0.15) is 23.3 Å². The van der Waals surface area contributed by atoms with E-state index in [-0.39, 0.29) is 23.6 Å². The molecule has 1 aliphatic carbocycles. The number of fused-ring (bicyclic) bond motifs is 2. The van der Waals surface area contributed by atoms with Gasteiger partial charge in [-0.3, -0.25) is 9.59 Å². The van der Waals surface area contributed by atoms with Gasteiger partial charge in [-0.15, -0.1) is 0 Å². The summed E-state index contributed by atoms with van der Waals surface area (Å²) < 4.78 is 16.9. The van der Waals surface area contributed by atoms with Crippen molar-refractivity contribution in [3.63, 3.8) is 0 Å². The van der Waals surface area contributed by atoms with Crippen LogP contribution in [0, 0.1) is 0 Å². The predicted octanol–water partition coefficient (Wildman–Crippen LogP) is 6.44. The van der Waals surface area contributed by atoms with Crippen molar-refractivity contribution < 1.29 is 18.7 Å². The Morgan fingerprint density at radius 2 is 1.74 bits per heavy atom. The number of para-hydroxylation sites is 2. The van der Waals surface area contributed by atoms with Crippen LogP contribution in [0.4, 0.5) is 11.4 Å². The minimum Gasteiger partial charge on any atom is -0.497 e. The van der Waals surface area contributed by atoms with Gasteiger partial charge >= 0.3 is 0 Å². The van der Waals surface area contributed by atoms with Gasteiger partial charge in [0.25, 0.3) is 0 Å². The molecule has 2 heterocycles. The second-order valence-corrected chi connectivity index (χ2v) is 9.87. The number of carbonyl (C=O) groups is 1. The quantitative estimate of drug-likeness (QED) is 0.315. The lowest BCUT2D eigenvalue weighted by atomic mass is 9.78. The standard InChI is InChI=1S/C30H25ClN2O5/c1-36-18-8-10-26(37-2)19(14-18)16-11-24-28(25(34)12-16)29(33-23-6-4-3-5-22(23)32-24)21-15-38-27-9-7-17(31)13-20(27)30(21)35/h3-10,13-16,29,32-33H,11-12H2,1-2H3. The Kier molecular flexibility index (Phi) is 6.08. The van der Waals surface area contributed by atoms with Crippen molar-refractivity contribution in [3.8, 4) is 11.5 Å². The third-order valence-electron chi connectivity index (χ3n) is 7.26. The highest BCUT2D eigenvalue weighted by molar-refractivity contribution is 6.31. The van der Waals surface area contributed by atoms with Gasteiger partial charge in [-0.05, 0) is 55.0 Å². The lowest BCUT2D eigenvalue weighted by Gasteiger charge is -2.30. The lowest BCUT2D eigenvalue weighted by molar-refractivity contribution is -0.116. The maximum Gasteiger partial charge on any atom is 0.198 e. The zero-order valence-electron chi connectivity index (χ0n) is 20.8. The number of allylic oxidation sites excluding steroid dienone is 1. The molecule has 1 aromatic heterocycles. The SMILES string of the molecule is COc1ccc(OC)c(C2CC(=O)C3=C(C2)Nc2ccccc2NC3c2coc3ccc(Cl)cc3c2=O)c1. The Balaban J connectivity index is 1.51. The first-order valence-electron chi connectivity index (χ1n) is 12.3. The van der Waals surface area contributed by atoms with E-state index in [1.165, 1.54) is 6.26 Å². The summed E-state index contributed by atoms with van der Waals surface area (Å²) in [5.41, 5.74) is 4.32. The molecule has 0 spiro atoms. The fraction of sp³-hybridized carbons (Fsp3) is 0.200. The van der Waals surface area contributed by atoms with Gasteiger partial charge in [-0.1, -0.05) is 23.7 Å². The highest BCUT2D eigenvalue weighted by Crippen LogP contribution is 2.46. The van der Waals surface area contributed by atoms with Crippen LogP contribution >= 0.6 is 11.6 Å². The van der Waals surface area contributed by atoms with Crippen LogP contribution in [-0.2, 0) is 4.79 Å². The number of anilines is 2. The highest BCUT2D eigenvalue weighted by atomic mass is 35.5. The average Bonchev–Trinajstić information content (AvgIpc) is 3.10. The van der Waals surface area contributed by atoms with Gasteiger partial charge in [0, 0.05) is 34.2 Å². The zero-order valence-corrected chi connectivity index (χ0v) is 21.6. The molecule has 38 heavy (non-hydrogen) atoms. The Labute approximate surface area is 224 Å². The second kappa shape index (κ2) is 9.58. The van der Waals surface area contributed by atoms with Crippen LogP contribution in [0.25, 0.3) is 11.0 Å². The van der Waals surface area contributed by atoms with E-state index in [0.717, 1.165) is 22.6 Å². The summed E-state index contributed by atoms with van der Waals surface area (Å²) >= 11 is 6.19. The number of hydrogen-bond donors (Lipinski definition) is 2. The van der Waals surface area contributed by atoms with Crippen molar-refractivity contribution in [1.82, 2.24) is 0 Å². The minimum atomic E-state index is -0.707. The molecule has 2 aliphatic rings. The summed E-state index contributed by atoms with van der Waals surface area (Å²) in [6.07, 6.45) is 2.24. The van der Waals surface area contributed by atoms with Gasteiger partial charge in [0.2, 0.25) is 0 Å². The van der Waals surface area contributed by atoms with E-state index in [2.05, 4.69) is 10.6 Å². The van der Waals surface area contributed by atoms with Gasteiger partial charge in [-0.2, -0.15) is 0 Å². The highest BCUT2D eigenvalue weighted by Gasteiger charge is 2.38. The molecule has 3 aromatic carbocycles. The second-order valence-electron chi connectivity index (χ2n) is 9.44. The molecule has 1 aliphatic heterocycles. The number of ether oxygens (including phenoxy) is 2. The van der Waals surface area contributed by atoms with Gasteiger partial charge in [-0.25, -0.2) is 0 Å². The summed E-state index contributed by atoms with van der Waals surface area (Å²) in [5.74, 6) is 1.18. The molecule has 2 unspecified atom stereocenters. The third kappa shape index (κ3) is 4.09. The number of carbonyl (C=O) groups excluding carboxylic acids is 1. The maximum absolute atomic E-state index is 13.9. The summed E-state index contributed by atoms with van der Waals surface area (Å²) in [5, 5.41) is 7.74. The molecule has 7 nitrogen and oxygen atoms in total. The van der Waals surface area contributed by atoms with Crippen LogP contribution in [0.15, 0.2) is 87.4 Å². The molecule has 0 saturated carbocycles. The maximum atomic E-state index is 13.9.